The highest BCUT2D eigenvalue weighted by Crippen LogP contribution is 2.29. The number of aryl methyl sites for hydroxylation is 2. The van der Waals surface area contributed by atoms with Crippen molar-refractivity contribution in [1.29, 1.82) is 0 Å². The first-order valence-corrected chi connectivity index (χ1v) is 10.1. The van der Waals surface area contributed by atoms with Gasteiger partial charge in [0.1, 0.15) is 17.9 Å². The van der Waals surface area contributed by atoms with Crippen LogP contribution in [0.2, 0.25) is 0 Å². The Morgan fingerprint density at radius 1 is 1.19 bits per heavy atom. The van der Waals surface area contributed by atoms with E-state index in [9.17, 15) is 9.59 Å². The van der Waals surface area contributed by atoms with Crippen LogP contribution in [0.4, 0.5) is 0 Å². The van der Waals surface area contributed by atoms with Gasteiger partial charge in [-0.25, -0.2) is 4.68 Å². The van der Waals surface area contributed by atoms with E-state index >= 15 is 0 Å². The second-order valence-corrected chi connectivity index (χ2v) is 7.75. The van der Waals surface area contributed by atoms with Crippen LogP contribution < -0.4 is 5.56 Å². The van der Waals surface area contributed by atoms with E-state index in [0.717, 1.165) is 35.3 Å². The maximum atomic E-state index is 12.9. The molecule has 0 saturated carbocycles. The molecule has 0 bridgehead atoms. The number of thiophene rings is 1. The summed E-state index contributed by atoms with van der Waals surface area (Å²) >= 11 is 1.71. The summed E-state index contributed by atoms with van der Waals surface area (Å²) < 4.78 is 4.37. The Morgan fingerprint density at radius 3 is 2.62 bits per heavy atom. The van der Waals surface area contributed by atoms with E-state index in [1.165, 1.54) is 9.56 Å². The maximum Gasteiger partial charge on any atom is 0.291 e. The Hall–Kier alpha value is -2.15. The number of aromatic nitrogens is 3. The molecule has 3 aromatic rings. The number of hydrogen-bond acceptors (Lipinski definition) is 4. The topological polar surface area (TPSA) is 59.6 Å². The average Bonchev–Trinajstić information content (AvgIpc) is 3.19. The molecule has 0 fully saturated rings. The molecule has 0 unspecified atom stereocenters. The Labute approximate surface area is 157 Å². The second-order valence-electron chi connectivity index (χ2n) is 6.58. The third kappa shape index (κ3) is 3.28. The molecule has 0 atom stereocenters. The molecule has 3 aromatic heterocycles. The first-order valence-electron chi connectivity index (χ1n) is 9.27. The molecule has 7 heteroatoms. The van der Waals surface area contributed by atoms with Crippen LogP contribution in [0.25, 0.3) is 15.7 Å². The molecular formula is C19H26N4O2S. The molecule has 0 saturated heterocycles. The summed E-state index contributed by atoms with van der Waals surface area (Å²) in [7, 11) is 1.78. The molecule has 1 amide bonds. The SMILES string of the molecule is CCCCN(C)C(=O)Cn1nc(CC)n2c(cc3sc(CC)cc32)c1=O. The van der Waals surface area contributed by atoms with Crippen LogP contribution in [0.1, 0.15) is 44.3 Å². The van der Waals surface area contributed by atoms with Gasteiger partial charge in [0.15, 0.2) is 0 Å². The van der Waals surface area contributed by atoms with Gasteiger partial charge < -0.3 is 4.90 Å². The Kier molecular flexibility index (Phi) is 5.46. The van der Waals surface area contributed by atoms with Crippen LogP contribution in [-0.4, -0.2) is 38.6 Å². The first kappa shape index (κ1) is 18.6. The van der Waals surface area contributed by atoms with Gasteiger partial charge in [-0.2, -0.15) is 5.10 Å². The molecule has 3 heterocycles. The fraction of sp³-hybridized carbons (Fsp3) is 0.526. The molecule has 26 heavy (non-hydrogen) atoms. The monoisotopic (exact) mass is 374 g/mol. The summed E-state index contributed by atoms with van der Waals surface area (Å²) in [6.07, 6.45) is 3.66. The zero-order chi connectivity index (χ0) is 18.8. The molecule has 140 valence electrons. The van der Waals surface area contributed by atoms with Crippen molar-refractivity contribution in [3.8, 4) is 0 Å². The highest BCUT2D eigenvalue weighted by molar-refractivity contribution is 7.19. The van der Waals surface area contributed by atoms with Gasteiger partial charge in [-0.05, 0) is 25.0 Å². The normalized spacial score (nSPS) is 11.5. The minimum absolute atomic E-state index is 0.0123. The molecule has 0 aromatic carbocycles. The van der Waals surface area contributed by atoms with Crippen LogP contribution in [-0.2, 0) is 24.2 Å². The zero-order valence-electron chi connectivity index (χ0n) is 15.9. The van der Waals surface area contributed by atoms with Crippen molar-refractivity contribution >= 4 is 33.0 Å². The minimum atomic E-state index is -0.208. The molecule has 0 aliphatic rings. The largest absolute Gasteiger partial charge is 0.344 e. The van der Waals surface area contributed by atoms with E-state index in [-0.39, 0.29) is 18.0 Å². The van der Waals surface area contributed by atoms with Gasteiger partial charge in [-0.3, -0.25) is 14.0 Å². The summed E-state index contributed by atoms with van der Waals surface area (Å²) in [5.41, 5.74) is 1.44. The summed E-state index contributed by atoms with van der Waals surface area (Å²) in [6, 6.07) is 4.07. The number of carbonyl (C=O) groups is 1. The lowest BCUT2D eigenvalue weighted by molar-refractivity contribution is -0.130. The number of carbonyl (C=O) groups excluding carboxylic acids is 1. The lowest BCUT2D eigenvalue weighted by Crippen LogP contribution is -2.36. The number of fused-ring (bicyclic) bond motifs is 3. The summed E-state index contributed by atoms with van der Waals surface area (Å²) in [5, 5.41) is 4.50. The fourth-order valence-electron chi connectivity index (χ4n) is 3.12. The second kappa shape index (κ2) is 7.61. The number of amides is 1. The van der Waals surface area contributed by atoms with Crippen molar-refractivity contribution in [3.05, 3.63) is 33.2 Å². The third-order valence-electron chi connectivity index (χ3n) is 4.71. The van der Waals surface area contributed by atoms with Crippen molar-refractivity contribution in [2.75, 3.05) is 13.6 Å². The third-order valence-corrected chi connectivity index (χ3v) is 5.93. The summed E-state index contributed by atoms with van der Waals surface area (Å²) in [6.45, 7) is 6.93. The number of likely N-dealkylation sites (N-methyl/N-ethyl adjacent to an activating group) is 1. The maximum absolute atomic E-state index is 12.9. The minimum Gasteiger partial charge on any atom is -0.344 e. The van der Waals surface area contributed by atoms with E-state index in [1.807, 2.05) is 17.4 Å². The Bertz CT molecular complexity index is 998. The predicted octanol–water partition coefficient (Wildman–Crippen LogP) is 3.09. The number of nitrogens with zero attached hydrogens (tertiary/aromatic N) is 4. The van der Waals surface area contributed by atoms with Gasteiger partial charge in [0.25, 0.3) is 5.56 Å². The molecule has 3 rings (SSSR count). The molecule has 0 aliphatic heterocycles. The van der Waals surface area contributed by atoms with Crippen LogP contribution in [0.3, 0.4) is 0 Å². The predicted molar refractivity (Wildman–Crippen MR) is 106 cm³/mol. The molecular weight excluding hydrogens is 348 g/mol. The van der Waals surface area contributed by atoms with Crippen LogP contribution >= 0.6 is 11.3 Å². The van der Waals surface area contributed by atoms with Gasteiger partial charge in [0, 0.05) is 24.9 Å². The van der Waals surface area contributed by atoms with Crippen molar-refractivity contribution in [3.63, 3.8) is 0 Å². The Morgan fingerprint density at radius 2 is 1.96 bits per heavy atom. The highest BCUT2D eigenvalue weighted by atomic mass is 32.1. The van der Waals surface area contributed by atoms with Crippen molar-refractivity contribution in [2.24, 2.45) is 0 Å². The van der Waals surface area contributed by atoms with E-state index in [2.05, 4.69) is 25.0 Å². The van der Waals surface area contributed by atoms with E-state index < -0.39 is 0 Å². The van der Waals surface area contributed by atoms with E-state index in [1.54, 1.807) is 23.3 Å². The quantitative estimate of drug-likeness (QED) is 0.638. The summed E-state index contributed by atoms with van der Waals surface area (Å²) in [4.78, 5) is 28.3. The van der Waals surface area contributed by atoms with Crippen molar-refractivity contribution in [1.82, 2.24) is 19.1 Å². The average molecular weight is 375 g/mol. The summed E-state index contributed by atoms with van der Waals surface area (Å²) in [5.74, 6) is 0.722. The van der Waals surface area contributed by atoms with Gasteiger partial charge >= 0.3 is 0 Å². The first-order chi connectivity index (χ1) is 12.5. The molecule has 6 nitrogen and oxygen atoms in total. The van der Waals surface area contributed by atoms with Gasteiger partial charge in [-0.1, -0.05) is 27.2 Å². The molecule has 0 N–H and O–H groups in total. The van der Waals surface area contributed by atoms with Crippen molar-refractivity contribution in [2.45, 2.75) is 53.0 Å². The van der Waals surface area contributed by atoms with Crippen LogP contribution in [0.5, 0.6) is 0 Å². The van der Waals surface area contributed by atoms with Crippen molar-refractivity contribution < 1.29 is 4.79 Å². The zero-order valence-corrected chi connectivity index (χ0v) is 16.7. The molecule has 0 spiro atoms. The highest BCUT2D eigenvalue weighted by Gasteiger charge is 2.18. The van der Waals surface area contributed by atoms with Gasteiger partial charge in [0.2, 0.25) is 5.91 Å². The van der Waals surface area contributed by atoms with Crippen LogP contribution in [0, 0.1) is 0 Å². The lowest BCUT2D eigenvalue weighted by atomic mass is 10.3. The smallest absolute Gasteiger partial charge is 0.291 e. The van der Waals surface area contributed by atoms with Gasteiger partial charge in [-0.15, -0.1) is 11.3 Å². The number of unbranched alkanes of at least 4 members (excludes halogenated alkanes) is 1. The van der Waals surface area contributed by atoms with Crippen LogP contribution in [0.15, 0.2) is 16.9 Å². The molecule has 0 aliphatic carbocycles. The van der Waals surface area contributed by atoms with Gasteiger partial charge in [0.05, 0.1) is 10.2 Å². The van der Waals surface area contributed by atoms with E-state index in [4.69, 9.17) is 0 Å². The Balaban J connectivity index is 2.04. The fourth-order valence-corrected chi connectivity index (χ4v) is 4.14. The molecule has 0 radical (unpaired) electrons. The lowest BCUT2D eigenvalue weighted by Gasteiger charge is -2.17. The standard InChI is InChI=1S/C19H26N4O2S/c1-5-8-9-21(4)18(24)12-22-19(25)15-11-16-14(10-13(6-2)26-16)23(15)17(7-3)20-22/h10-11H,5-9,12H2,1-4H3. The number of hydrogen-bond donors (Lipinski definition) is 0. The van der Waals surface area contributed by atoms with E-state index in [0.29, 0.717) is 18.5 Å². The number of rotatable bonds is 7.